The lowest BCUT2D eigenvalue weighted by atomic mass is 9.79. The molecule has 90 valence electrons. The van der Waals surface area contributed by atoms with Gasteiger partial charge in [0, 0.05) is 19.1 Å². The quantitative estimate of drug-likeness (QED) is 0.764. The van der Waals surface area contributed by atoms with Gasteiger partial charge in [-0.3, -0.25) is 0 Å². The van der Waals surface area contributed by atoms with Gasteiger partial charge in [-0.25, -0.2) is 0 Å². The average molecular weight is 224 g/mol. The van der Waals surface area contributed by atoms with E-state index in [-0.39, 0.29) is 13.2 Å². The molecule has 0 saturated heterocycles. The van der Waals surface area contributed by atoms with Gasteiger partial charge in [0.25, 0.3) is 0 Å². The van der Waals surface area contributed by atoms with Crippen molar-refractivity contribution >= 4 is 0 Å². The molecule has 0 amide bonds. The van der Waals surface area contributed by atoms with E-state index >= 15 is 0 Å². The first kappa shape index (κ1) is 13.2. The zero-order valence-electron chi connectivity index (χ0n) is 9.94. The summed E-state index contributed by atoms with van der Waals surface area (Å²) in [6.45, 7) is 2.39. The van der Waals surface area contributed by atoms with Crippen LogP contribution in [-0.4, -0.2) is 37.1 Å². The van der Waals surface area contributed by atoms with Crippen molar-refractivity contribution in [3.05, 3.63) is 35.4 Å². The molecule has 0 aliphatic heterocycles. The third kappa shape index (κ3) is 2.82. The number of hydrogen-bond acceptors (Lipinski definition) is 3. The summed E-state index contributed by atoms with van der Waals surface area (Å²) in [5, 5.41) is 19.0. The highest BCUT2D eigenvalue weighted by Crippen LogP contribution is 2.27. The van der Waals surface area contributed by atoms with E-state index in [0.29, 0.717) is 13.0 Å². The molecular formula is C13H20O3. The molecule has 1 rings (SSSR count). The van der Waals surface area contributed by atoms with Crippen molar-refractivity contribution < 1.29 is 14.9 Å². The number of methoxy groups -OCH3 is 1. The lowest BCUT2D eigenvalue weighted by Crippen LogP contribution is -2.36. The van der Waals surface area contributed by atoms with Crippen molar-refractivity contribution in [3.63, 3.8) is 0 Å². The molecule has 3 heteroatoms. The van der Waals surface area contributed by atoms with Gasteiger partial charge < -0.3 is 14.9 Å². The van der Waals surface area contributed by atoms with Gasteiger partial charge in [0.1, 0.15) is 0 Å². The summed E-state index contributed by atoms with van der Waals surface area (Å²) in [5.41, 5.74) is 1.53. The maximum atomic E-state index is 9.51. The Morgan fingerprint density at radius 1 is 1.12 bits per heavy atom. The van der Waals surface area contributed by atoms with Gasteiger partial charge in [-0.05, 0) is 18.9 Å². The fourth-order valence-electron chi connectivity index (χ4n) is 1.74. The maximum absolute atomic E-state index is 9.51. The Morgan fingerprint density at radius 2 is 1.69 bits per heavy atom. The summed E-state index contributed by atoms with van der Waals surface area (Å²) in [4.78, 5) is 0. The third-order valence-corrected chi connectivity index (χ3v) is 3.05. The molecule has 0 aliphatic carbocycles. The summed E-state index contributed by atoms with van der Waals surface area (Å²) < 4.78 is 5.02. The van der Waals surface area contributed by atoms with Gasteiger partial charge in [0.05, 0.1) is 13.2 Å². The predicted octanol–water partition coefficient (Wildman–Crippen LogP) is 1.25. The van der Waals surface area contributed by atoms with Crippen LogP contribution >= 0.6 is 0 Å². The van der Waals surface area contributed by atoms with Gasteiger partial charge in [-0.2, -0.15) is 0 Å². The highest BCUT2D eigenvalue weighted by atomic mass is 16.5. The van der Waals surface area contributed by atoms with Crippen LogP contribution in [0.3, 0.4) is 0 Å². The smallest absolute Gasteiger partial charge is 0.0550 e. The standard InChI is InChI=1S/C13H20O3/c1-11-3-5-12(6-4-11)13(9-14,10-15)7-8-16-2/h3-6,14-15H,7-10H2,1-2H3. The van der Waals surface area contributed by atoms with Crippen LogP contribution in [0.15, 0.2) is 24.3 Å². The van der Waals surface area contributed by atoms with E-state index in [0.717, 1.165) is 5.56 Å². The maximum Gasteiger partial charge on any atom is 0.0550 e. The molecule has 0 bridgehead atoms. The zero-order valence-corrected chi connectivity index (χ0v) is 9.94. The van der Waals surface area contributed by atoms with Crippen molar-refractivity contribution in [2.75, 3.05) is 26.9 Å². The third-order valence-electron chi connectivity index (χ3n) is 3.05. The van der Waals surface area contributed by atoms with E-state index < -0.39 is 5.41 Å². The van der Waals surface area contributed by atoms with Crippen LogP contribution in [0.4, 0.5) is 0 Å². The molecule has 0 radical (unpaired) electrons. The number of aryl methyl sites for hydroxylation is 1. The summed E-state index contributed by atoms with van der Waals surface area (Å²) in [6, 6.07) is 7.89. The first-order valence-electron chi connectivity index (χ1n) is 5.46. The number of rotatable bonds is 6. The molecule has 0 unspecified atom stereocenters. The predicted molar refractivity (Wildman–Crippen MR) is 63.5 cm³/mol. The fourth-order valence-corrected chi connectivity index (χ4v) is 1.74. The molecule has 0 aromatic heterocycles. The molecule has 1 aromatic carbocycles. The minimum absolute atomic E-state index is 0.0735. The summed E-state index contributed by atoms with van der Waals surface area (Å²) in [5.74, 6) is 0. The fraction of sp³-hybridized carbons (Fsp3) is 0.538. The van der Waals surface area contributed by atoms with E-state index in [4.69, 9.17) is 4.74 Å². The lowest BCUT2D eigenvalue weighted by molar-refractivity contribution is 0.0794. The van der Waals surface area contributed by atoms with Crippen molar-refractivity contribution in [2.24, 2.45) is 0 Å². The van der Waals surface area contributed by atoms with Crippen LogP contribution in [0, 0.1) is 6.92 Å². The van der Waals surface area contributed by atoms with Gasteiger partial charge in [0.15, 0.2) is 0 Å². The monoisotopic (exact) mass is 224 g/mol. The molecule has 0 aliphatic rings. The first-order valence-corrected chi connectivity index (χ1v) is 5.46. The van der Waals surface area contributed by atoms with Crippen molar-refractivity contribution in [1.29, 1.82) is 0 Å². The summed E-state index contributed by atoms with van der Waals surface area (Å²) in [7, 11) is 1.62. The molecule has 0 fully saturated rings. The number of benzene rings is 1. The molecule has 0 heterocycles. The van der Waals surface area contributed by atoms with Crippen LogP contribution in [0.1, 0.15) is 17.5 Å². The van der Waals surface area contributed by atoms with E-state index in [9.17, 15) is 10.2 Å². The lowest BCUT2D eigenvalue weighted by Gasteiger charge is -2.30. The van der Waals surface area contributed by atoms with E-state index in [1.807, 2.05) is 31.2 Å². The number of hydrogen-bond donors (Lipinski definition) is 2. The van der Waals surface area contributed by atoms with Crippen LogP contribution in [0.2, 0.25) is 0 Å². The Balaban J connectivity index is 2.95. The highest BCUT2D eigenvalue weighted by Gasteiger charge is 2.30. The molecule has 0 atom stereocenters. The van der Waals surface area contributed by atoms with E-state index in [1.54, 1.807) is 7.11 Å². The first-order chi connectivity index (χ1) is 7.68. The molecule has 3 nitrogen and oxygen atoms in total. The van der Waals surface area contributed by atoms with Gasteiger partial charge >= 0.3 is 0 Å². The topological polar surface area (TPSA) is 49.7 Å². The molecule has 0 saturated carbocycles. The van der Waals surface area contributed by atoms with Crippen LogP contribution in [0.5, 0.6) is 0 Å². The Hall–Kier alpha value is -0.900. The number of ether oxygens (including phenoxy) is 1. The molecule has 2 N–H and O–H groups in total. The normalized spacial score (nSPS) is 11.8. The van der Waals surface area contributed by atoms with Crippen molar-refractivity contribution in [2.45, 2.75) is 18.8 Å². The molecule has 0 spiro atoms. The second-order valence-electron chi connectivity index (χ2n) is 4.21. The van der Waals surface area contributed by atoms with E-state index in [2.05, 4.69) is 0 Å². The van der Waals surface area contributed by atoms with Gasteiger partial charge in [0.2, 0.25) is 0 Å². The Kier molecular flexibility index (Phi) is 4.93. The minimum Gasteiger partial charge on any atom is -0.395 e. The second kappa shape index (κ2) is 5.99. The van der Waals surface area contributed by atoms with Gasteiger partial charge in [-0.15, -0.1) is 0 Å². The highest BCUT2D eigenvalue weighted by molar-refractivity contribution is 5.29. The van der Waals surface area contributed by atoms with Crippen LogP contribution in [-0.2, 0) is 10.2 Å². The largest absolute Gasteiger partial charge is 0.395 e. The summed E-state index contributed by atoms with van der Waals surface area (Å²) in [6.07, 6.45) is 0.611. The Bertz CT molecular complexity index is 301. The number of aliphatic hydroxyl groups excluding tert-OH is 2. The van der Waals surface area contributed by atoms with Crippen molar-refractivity contribution in [1.82, 2.24) is 0 Å². The zero-order chi connectivity index (χ0) is 12.0. The molecular weight excluding hydrogens is 204 g/mol. The molecule has 16 heavy (non-hydrogen) atoms. The Morgan fingerprint density at radius 3 is 2.12 bits per heavy atom. The van der Waals surface area contributed by atoms with Crippen LogP contribution < -0.4 is 0 Å². The average Bonchev–Trinajstić information content (AvgIpc) is 2.33. The van der Waals surface area contributed by atoms with E-state index in [1.165, 1.54) is 5.56 Å². The number of aliphatic hydroxyl groups is 2. The summed E-state index contributed by atoms with van der Waals surface area (Å²) >= 11 is 0. The molecule has 1 aromatic rings. The Labute approximate surface area is 96.7 Å². The van der Waals surface area contributed by atoms with Gasteiger partial charge in [-0.1, -0.05) is 29.8 Å². The van der Waals surface area contributed by atoms with Crippen LogP contribution in [0.25, 0.3) is 0 Å². The second-order valence-corrected chi connectivity index (χ2v) is 4.21. The SMILES string of the molecule is COCCC(CO)(CO)c1ccc(C)cc1. The minimum atomic E-state index is -0.594. The van der Waals surface area contributed by atoms with Crippen molar-refractivity contribution in [3.8, 4) is 0 Å².